The summed E-state index contributed by atoms with van der Waals surface area (Å²) in [5.41, 5.74) is 1.15. The van der Waals surface area contributed by atoms with Crippen LogP contribution in [0, 0.1) is 11.8 Å². The van der Waals surface area contributed by atoms with Crippen LogP contribution in [0.15, 0.2) is 30.5 Å². The van der Waals surface area contributed by atoms with Gasteiger partial charge in [-0.1, -0.05) is 27.8 Å². The summed E-state index contributed by atoms with van der Waals surface area (Å²) >= 11 is 3.27. The Morgan fingerprint density at radius 2 is 2.24 bits per heavy atom. The Bertz CT molecular complexity index is 792. The predicted molar refractivity (Wildman–Crippen MR) is 100 cm³/mol. The average Bonchev–Trinajstić information content (AvgIpc) is 2.97. The molecular formula is C18H20BrN3O3. The zero-order chi connectivity index (χ0) is 18.2. The van der Waals surface area contributed by atoms with Crippen molar-refractivity contribution in [2.45, 2.75) is 13.0 Å². The molecule has 1 atom stereocenters. The number of carbonyl (C=O) groups excluding carboxylic acids is 1. The standard InChI is InChI=1S/C18H20BrN3O3/c1-13(12-24-3)25-16-10-14(5-4-7-19)9-15(11-16)18(23)20-17-6-8-22(2)21-17/h6,8-11,13H,7,12H2,1-3H3,(H,20,21,23)/t13-/m0/s1. The third kappa shape index (κ3) is 5.93. The van der Waals surface area contributed by atoms with Gasteiger partial charge in [0.1, 0.15) is 11.9 Å². The van der Waals surface area contributed by atoms with E-state index in [1.807, 2.05) is 6.92 Å². The van der Waals surface area contributed by atoms with Crippen molar-refractivity contribution in [3.63, 3.8) is 0 Å². The van der Waals surface area contributed by atoms with Crippen LogP contribution in [0.3, 0.4) is 0 Å². The number of methoxy groups -OCH3 is 1. The van der Waals surface area contributed by atoms with Crippen LogP contribution in [0.25, 0.3) is 0 Å². The second kappa shape index (κ2) is 9.25. The van der Waals surface area contributed by atoms with E-state index in [9.17, 15) is 4.79 Å². The number of rotatable bonds is 6. The van der Waals surface area contributed by atoms with Gasteiger partial charge in [0, 0.05) is 37.5 Å². The van der Waals surface area contributed by atoms with E-state index < -0.39 is 0 Å². The van der Waals surface area contributed by atoms with Crippen molar-refractivity contribution in [3.8, 4) is 17.6 Å². The molecule has 1 aromatic heterocycles. The van der Waals surface area contributed by atoms with E-state index in [2.05, 4.69) is 38.2 Å². The third-order valence-electron chi connectivity index (χ3n) is 3.16. The Labute approximate surface area is 155 Å². The summed E-state index contributed by atoms with van der Waals surface area (Å²) in [7, 11) is 3.40. The molecule has 0 aliphatic heterocycles. The zero-order valence-electron chi connectivity index (χ0n) is 14.4. The normalized spacial score (nSPS) is 11.4. The van der Waals surface area contributed by atoms with Crippen LogP contribution in [0.4, 0.5) is 5.82 Å². The fourth-order valence-electron chi connectivity index (χ4n) is 2.18. The maximum absolute atomic E-state index is 12.5. The van der Waals surface area contributed by atoms with Gasteiger partial charge in [0.05, 0.1) is 11.9 Å². The molecule has 1 amide bonds. The summed E-state index contributed by atoms with van der Waals surface area (Å²) in [4.78, 5) is 12.5. The van der Waals surface area contributed by atoms with Gasteiger partial charge < -0.3 is 14.8 Å². The average molecular weight is 406 g/mol. The van der Waals surface area contributed by atoms with E-state index >= 15 is 0 Å². The molecule has 2 aromatic rings. The molecule has 0 fully saturated rings. The largest absolute Gasteiger partial charge is 0.488 e. The van der Waals surface area contributed by atoms with E-state index in [0.717, 1.165) is 0 Å². The van der Waals surface area contributed by atoms with E-state index in [1.54, 1.807) is 49.3 Å². The number of alkyl halides is 1. The highest BCUT2D eigenvalue weighted by molar-refractivity contribution is 9.09. The number of nitrogens with zero attached hydrogens (tertiary/aromatic N) is 2. The first kappa shape index (κ1) is 19.0. The van der Waals surface area contributed by atoms with Crippen molar-refractivity contribution < 1.29 is 14.3 Å². The number of hydrogen-bond acceptors (Lipinski definition) is 4. The number of hydrogen-bond donors (Lipinski definition) is 1. The minimum absolute atomic E-state index is 0.143. The van der Waals surface area contributed by atoms with E-state index in [4.69, 9.17) is 9.47 Å². The minimum Gasteiger partial charge on any atom is -0.488 e. The van der Waals surface area contributed by atoms with Crippen molar-refractivity contribution in [1.82, 2.24) is 9.78 Å². The SMILES string of the molecule is COC[C@H](C)Oc1cc(C#CCBr)cc(C(=O)Nc2ccn(C)n2)c1. The molecule has 6 nitrogen and oxygen atoms in total. The number of nitrogens with one attached hydrogen (secondary N) is 1. The van der Waals surface area contributed by atoms with Crippen LogP contribution in [-0.2, 0) is 11.8 Å². The summed E-state index contributed by atoms with van der Waals surface area (Å²) in [6.45, 7) is 2.35. The molecule has 0 bridgehead atoms. The second-order valence-electron chi connectivity index (χ2n) is 5.39. The Hall–Kier alpha value is -2.30. The van der Waals surface area contributed by atoms with Gasteiger partial charge in [0.25, 0.3) is 5.91 Å². The summed E-state index contributed by atoms with van der Waals surface area (Å²) < 4.78 is 12.5. The Kier molecular flexibility index (Phi) is 7.04. The van der Waals surface area contributed by atoms with Crippen LogP contribution >= 0.6 is 15.9 Å². The highest BCUT2D eigenvalue weighted by atomic mass is 79.9. The quantitative estimate of drug-likeness (QED) is 0.592. The summed E-state index contributed by atoms with van der Waals surface area (Å²) in [5.74, 6) is 6.70. The van der Waals surface area contributed by atoms with Gasteiger partial charge in [-0.05, 0) is 25.1 Å². The van der Waals surface area contributed by atoms with Gasteiger partial charge in [-0.2, -0.15) is 5.10 Å². The fourth-order valence-corrected chi connectivity index (χ4v) is 2.32. The lowest BCUT2D eigenvalue weighted by atomic mass is 10.1. The third-order valence-corrected chi connectivity index (χ3v) is 3.44. The maximum Gasteiger partial charge on any atom is 0.257 e. The first-order valence-corrected chi connectivity index (χ1v) is 8.80. The summed E-state index contributed by atoms with van der Waals surface area (Å²) in [6, 6.07) is 6.94. The Morgan fingerprint density at radius 3 is 2.88 bits per heavy atom. The highest BCUT2D eigenvalue weighted by Crippen LogP contribution is 2.19. The number of aromatic nitrogens is 2. The van der Waals surface area contributed by atoms with Gasteiger partial charge in [-0.25, -0.2) is 0 Å². The van der Waals surface area contributed by atoms with Gasteiger partial charge in [0.2, 0.25) is 0 Å². The molecular weight excluding hydrogens is 386 g/mol. The molecule has 1 N–H and O–H groups in total. The molecule has 0 aliphatic carbocycles. The Morgan fingerprint density at radius 1 is 1.44 bits per heavy atom. The number of benzene rings is 1. The molecule has 1 heterocycles. The number of aryl methyl sites for hydroxylation is 1. The monoisotopic (exact) mass is 405 g/mol. The van der Waals surface area contributed by atoms with Crippen molar-refractivity contribution in [1.29, 1.82) is 0 Å². The molecule has 1 aromatic carbocycles. The minimum atomic E-state index is -0.273. The number of halogens is 1. The van der Waals surface area contributed by atoms with Crippen LogP contribution in [0.2, 0.25) is 0 Å². The zero-order valence-corrected chi connectivity index (χ0v) is 16.0. The second-order valence-corrected chi connectivity index (χ2v) is 5.95. The van der Waals surface area contributed by atoms with E-state index in [-0.39, 0.29) is 12.0 Å². The lowest BCUT2D eigenvalue weighted by molar-refractivity contribution is 0.0917. The highest BCUT2D eigenvalue weighted by Gasteiger charge is 2.12. The molecule has 0 unspecified atom stereocenters. The van der Waals surface area contributed by atoms with Gasteiger partial charge >= 0.3 is 0 Å². The van der Waals surface area contributed by atoms with Crippen molar-refractivity contribution in [2.24, 2.45) is 7.05 Å². The molecule has 132 valence electrons. The van der Waals surface area contributed by atoms with Gasteiger partial charge in [0.15, 0.2) is 5.82 Å². The van der Waals surface area contributed by atoms with Gasteiger partial charge in [-0.3, -0.25) is 9.48 Å². The molecule has 0 spiro atoms. The number of ether oxygens (including phenoxy) is 2. The number of carbonyl (C=O) groups is 1. The van der Waals surface area contributed by atoms with Crippen LogP contribution in [-0.4, -0.2) is 40.8 Å². The number of amides is 1. The lowest BCUT2D eigenvalue weighted by Gasteiger charge is -2.15. The van der Waals surface area contributed by atoms with Crippen molar-refractivity contribution >= 4 is 27.7 Å². The van der Waals surface area contributed by atoms with Crippen LogP contribution in [0.5, 0.6) is 5.75 Å². The molecule has 0 aliphatic rings. The van der Waals surface area contributed by atoms with Crippen molar-refractivity contribution in [2.75, 3.05) is 24.4 Å². The topological polar surface area (TPSA) is 65.4 Å². The molecule has 0 saturated carbocycles. The lowest BCUT2D eigenvalue weighted by Crippen LogP contribution is -2.19. The summed E-state index contributed by atoms with van der Waals surface area (Å²) in [6.07, 6.45) is 1.62. The van der Waals surface area contributed by atoms with Crippen molar-refractivity contribution in [3.05, 3.63) is 41.6 Å². The fraction of sp³-hybridized carbons (Fsp3) is 0.333. The smallest absolute Gasteiger partial charge is 0.257 e. The molecule has 2 rings (SSSR count). The molecule has 0 radical (unpaired) electrons. The first-order valence-electron chi connectivity index (χ1n) is 7.68. The predicted octanol–water partition coefficient (Wildman–Crippen LogP) is 2.83. The summed E-state index contributed by atoms with van der Waals surface area (Å²) in [5, 5.41) is 7.45. The van der Waals surface area contributed by atoms with Gasteiger partial charge in [-0.15, -0.1) is 0 Å². The molecule has 7 heteroatoms. The maximum atomic E-state index is 12.5. The Balaban J connectivity index is 2.26. The molecule has 0 saturated heterocycles. The van der Waals surface area contributed by atoms with E-state index in [1.165, 1.54) is 0 Å². The first-order chi connectivity index (χ1) is 12.0. The van der Waals surface area contributed by atoms with Crippen LogP contribution < -0.4 is 10.1 Å². The van der Waals surface area contributed by atoms with E-state index in [0.29, 0.717) is 34.6 Å². The molecule has 25 heavy (non-hydrogen) atoms. The van der Waals surface area contributed by atoms with Crippen LogP contribution in [0.1, 0.15) is 22.8 Å². The number of anilines is 1.